The van der Waals surface area contributed by atoms with Crippen LogP contribution in [0.2, 0.25) is 5.02 Å². The monoisotopic (exact) mass is 290 g/mol. The number of carbonyl (C=O) groups is 1. The summed E-state index contributed by atoms with van der Waals surface area (Å²) in [7, 11) is 0. The number of hydrogen-bond acceptors (Lipinski definition) is 2. The number of nitrogens with one attached hydrogen (secondary N) is 1. The lowest BCUT2D eigenvalue weighted by atomic mass is 10.0. The van der Waals surface area contributed by atoms with E-state index in [4.69, 9.17) is 16.7 Å². The first-order valence-corrected chi connectivity index (χ1v) is 5.99. The number of amides is 1. The van der Waals surface area contributed by atoms with E-state index in [1.54, 1.807) is 0 Å². The molecular weight excluding hydrogens is 275 g/mol. The van der Waals surface area contributed by atoms with Gasteiger partial charge in [-0.25, -0.2) is 4.79 Å². The zero-order valence-electron chi connectivity index (χ0n) is 9.80. The summed E-state index contributed by atoms with van der Waals surface area (Å²) in [4.78, 5) is 12.6. The predicted octanol–water partition coefficient (Wildman–Crippen LogP) is 2.26. The summed E-state index contributed by atoms with van der Waals surface area (Å²) in [6.07, 6.45) is -0.123. The summed E-state index contributed by atoms with van der Waals surface area (Å²) >= 11 is 5.82. The van der Waals surface area contributed by atoms with Crippen LogP contribution in [0.1, 0.15) is 5.56 Å². The Morgan fingerprint density at radius 2 is 2.11 bits per heavy atom. The number of nitrogens with zero attached hydrogens (tertiary/aromatic N) is 1. The van der Waals surface area contributed by atoms with Gasteiger partial charge in [-0.05, 0) is 24.1 Å². The maximum Gasteiger partial charge on any atom is 0.407 e. The van der Waals surface area contributed by atoms with Crippen LogP contribution in [0.3, 0.4) is 0 Å². The van der Waals surface area contributed by atoms with Gasteiger partial charge in [-0.3, -0.25) is 0 Å². The number of rotatable bonds is 2. The van der Waals surface area contributed by atoms with Gasteiger partial charge in [0.05, 0.1) is 6.04 Å². The number of benzene rings is 1. The normalized spacial score (nSPS) is 19.2. The fourth-order valence-corrected chi connectivity index (χ4v) is 2.21. The van der Waals surface area contributed by atoms with Gasteiger partial charge in [-0.1, -0.05) is 23.7 Å². The maximum atomic E-state index is 11.1. The van der Waals surface area contributed by atoms with Crippen molar-refractivity contribution >= 4 is 30.1 Å². The molecule has 0 spiro atoms. The molecule has 0 saturated carbocycles. The van der Waals surface area contributed by atoms with Gasteiger partial charge >= 0.3 is 6.09 Å². The number of hydrogen-bond donors (Lipinski definition) is 2. The Hall–Kier alpha value is -0.970. The molecule has 4 nitrogen and oxygen atoms in total. The minimum absolute atomic E-state index is 0. The van der Waals surface area contributed by atoms with Gasteiger partial charge in [0.2, 0.25) is 0 Å². The van der Waals surface area contributed by atoms with E-state index >= 15 is 0 Å². The average molecular weight is 291 g/mol. The van der Waals surface area contributed by atoms with E-state index in [0.29, 0.717) is 18.1 Å². The van der Waals surface area contributed by atoms with Gasteiger partial charge in [-0.2, -0.15) is 0 Å². The van der Waals surface area contributed by atoms with Crippen LogP contribution in [-0.4, -0.2) is 41.8 Å². The van der Waals surface area contributed by atoms with E-state index in [9.17, 15) is 4.79 Å². The fraction of sp³-hybridized carbons (Fsp3) is 0.417. The highest BCUT2D eigenvalue weighted by atomic mass is 35.5. The maximum absolute atomic E-state index is 11.1. The van der Waals surface area contributed by atoms with Crippen molar-refractivity contribution in [3.8, 4) is 0 Å². The minimum atomic E-state index is -0.842. The molecule has 0 bridgehead atoms. The smallest absolute Gasteiger partial charge is 0.407 e. The van der Waals surface area contributed by atoms with Crippen LogP contribution in [0.15, 0.2) is 24.3 Å². The molecule has 2 N–H and O–H groups in total. The second kappa shape index (κ2) is 6.83. The summed E-state index contributed by atoms with van der Waals surface area (Å²) in [6, 6.07) is 7.55. The standard InChI is InChI=1S/C12H15ClN2O2.ClH/c13-10-3-1-9(2-4-10)7-11-8-14-5-6-15(11)12(16)17;/h1-4,11,14H,5-8H2,(H,16,17);1H. The quantitative estimate of drug-likeness (QED) is 0.878. The van der Waals surface area contributed by atoms with Crippen LogP contribution in [0.25, 0.3) is 0 Å². The van der Waals surface area contributed by atoms with Gasteiger partial charge in [0, 0.05) is 24.7 Å². The van der Waals surface area contributed by atoms with E-state index in [1.807, 2.05) is 24.3 Å². The second-order valence-corrected chi connectivity index (χ2v) is 4.60. The third-order valence-corrected chi connectivity index (χ3v) is 3.23. The number of carboxylic acid groups (broad SMARTS) is 1. The van der Waals surface area contributed by atoms with Gasteiger partial charge in [0.25, 0.3) is 0 Å². The Morgan fingerprint density at radius 3 is 2.72 bits per heavy atom. The highest BCUT2D eigenvalue weighted by Crippen LogP contribution is 2.14. The highest BCUT2D eigenvalue weighted by Gasteiger charge is 2.25. The van der Waals surface area contributed by atoms with Crippen LogP contribution >= 0.6 is 24.0 Å². The van der Waals surface area contributed by atoms with Gasteiger partial charge < -0.3 is 15.3 Å². The molecule has 0 aliphatic carbocycles. The molecule has 1 fully saturated rings. The third kappa shape index (κ3) is 3.77. The van der Waals surface area contributed by atoms with Crippen LogP contribution in [0.5, 0.6) is 0 Å². The van der Waals surface area contributed by atoms with E-state index < -0.39 is 6.09 Å². The lowest BCUT2D eigenvalue weighted by Crippen LogP contribution is -2.54. The topological polar surface area (TPSA) is 52.6 Å². The molecule has 1 unspecified atom stereocenters. The number of halogens is 2. The lowest BCUT2D eigenvalue weighted by Gasteiger charge is -2.34. The van der Waals surface area contributed by atoms with Crippen LogP contribution in [0, 0.1) is 0 Å². The molecule has 0 radical (unpaired) electrons. The van der Waals surface area contributed by atoms with Crippen molar-refractivity contribution in [2.75, 3.05) is 19.6 Å². The summed E-state index contributed by atoms with van der Waals surface area (Å²) in [5.41, 5.74) is 1.11. The van der Waals surface area contributed by atoms with Crippen molar-refractivity contribution in [1.29, 1.82) is 0 Å². The molecule has 2 rings (SSSR count). The Kier molecular flexibility index (Phi) is 5.72. The third-order valence-electron chi connectivity index (χ3n) is 2.98. The summed E-state index contributed by atoms with van der Waals surface area (Å²) < 4.78 is 0. The van der Waals surface area contributed by atoms with Crippen molar-refractivity contribution in [3.63, 3.8) is 0 Å². The first-order valence-electron chi connectivity index (χ1n) is 5.61. The fourth-order valence-electron chi connectivity index (χ4n) is 2.09. The van der Waals surface area contributed by atoms with E-state index in [-0.39, 0.29) is 18.4 Å². The SMILES string of the molecule is Cl.O=C(O)N1CCNCC1Cc1ccc(Cl)cc1. The average Bonchev–Trinajstić information content (AvgIpc) is 2.32. The summed E-state index contributed by atoms with van der Waals surface area (Å²) in [6.45, 7) is 1.98. The summed E-state index contributed by atoms with van der Waals surface area (Å²) in [5.74, 6) is 0. The highest BCUT2D eigenvalue weighted by molar-refractivity contribution is 6.30. The Balaban J connectivity index is 0.00000162. The largest absolute Gasteiger partial charge is 0.465 e. The van der Waals surface area contributed by atoms with Crippen molar-refractivity contribution in [2.45, 2.75) is 12.5 Å². The zero-order chi connectivity index (χ0) is 12.3. The molecule has 100 valence electrons. The Morgan fingerprint density at radius 1 is 1.44 bits per heavy atom. The molecule has 1 aromatic carbocycles. The van der Waals surface area contributed by atoms with E-state index in [1.165, 1.54) is 4.90 Å². The predicted molar refractivity (Wildman–Crippen MR) is 73.8 cm³/mol. The van der Waals surface area contributed by atoms with Crippen molar-refractivity contribution in [2.24, 2.45) is 0 Å². The zero-order valence-corrected chi connectivity index (χ0v) is 11.4. The van der Waals surface area contributed by atoms with E-state index in [2.05, 4.69) is 5.32 Å². The first-order chi connectivity index (χ1) is 8.16. The van der Waals surface area contributed by atoms with Crippen molar-refractivity contribution in [1.82, 2.24) is 10.2 Å². The molecule has 18 heavy (non-hydrogen) atoms. The van der Waals surface area contributed by atoms with Gasteiger partial charge in [0.15, 0.2) is 0 Å². The van der Waals surface area contributed by atoms with Crippen molar-refractivity contribution < 1.29 is 9.90 Å². The second-order valence-electron chi connectivity index (χ2n) is 4.16. The number of piperazine rings is 1. The molecule has 1 aliphatic heterocycles. The van der Waals surface area contributed by atoms with Gasteiger partial charge in [-0.15, -0.1) is 12.4 Å². The summed E-state index contributed by atoms with van der Waals surface area (Å²) in [5, 5.41) is 13.0. The molecule has 1 saturated heterocycles. The molecular formula is C12H16Cl2N2O2. The molecule has 1 amide bonds. The van der Waals surface area contributed by atoms with Crippen LogP contribution in [0.4, 0.5) is 4.79 Å². The minimum Gasteiger partial charge on any atom is -0.465 e. The molecule has 1 atom stereocenters. The molecule has 1 aromatic rings. The van der Waals surface area contributed by atoms with Gasteiger partial charge in [0.1, 0.15) is 0 Å². The van der Waals surface area contributed by atoms with Crippen LogP contribution < -0.4 is 5.32 Å². The van der Waals surface area contributed by atoms with Crippen LogP contribution in [-0.2, 0) is 6.42 Å². The molecule has 6 heteroatoms. The van der Waals surface area contributed by atoms with Crippen molar-refractivity contribution in [3.05, 3.63) is 34.9 Å². The molecule has 0 aromatic heterocycles. The lowest BCUT2D eigenvalue weighted by molar-refractivity contribution is 0.112. The molecule has 1 aliphatic rings. The Bertz CT molecular complexity index is 398. The van der Waals surface area contributed by atoms with E-state index in [0.717, 1.165) is 18.5 Å². The Labute approximate surface area is 117 Å². The first kappa shape index (κ1) is 15.1. The molecule has 1 heterocycles.